The first-order valence-electron chi connectivity index (χ1n) is 10.4. The fourth-order valence-corrected chi connectivity index (χ4v) is 3.50. The third kappa shape index (κ3) is 4.17. The second kappa shape index (κ2) is 9.21. The van der Waals surface area contributed by atoms with Crippen molar-refractivity contribution in [1.82, 2.24) is 19.7 Å². The van der Waals surface area contributed by atoms with Gasteiger partial charge in [0.05, 0.1) is 11.8 Å². The summed E-state index contributed by atoms with van der Waals surface area (Å²) in [4.78, 5) is 21.0. The van der Waals surface area contributed by atoms with Crippen LogP contribution in [0.4, 0.5) is 17.2 Å². The second-order valence-corrected chi connectivity index (χ2v) is 7.34. The van der Waals surface area contributed by atoms with Gasteiger partial charge in [0.15, 0.2) is 17.4 Å². The van der Waals surface area contributed by atoms with E-state index in [0.717, 1.165) is 0 Å². The molecule has 5 rings (SSSR count). The van der Waals surface area contributed by atoms with E-state index in [2.05, 4.69) is 30.6 Å². The molecule has 168 valence electrons. The van der Waals surface area contributed by atoms with Crippen LogP contribution in [0, 0.1) is 11.3 Å². The van der Waals surface area contributed by atoms with Gasteiger partial charge < -0.3 is 10.4 Å². The number of anilines is 1. The minimum atomic E-state index is -0.500. The summed E-state index contributed by atoms with van der Waals surface area (Å²) >= 11 is 0. The maximum atomic E-state index is 13.0. The summed E-state index contributed by atoms with van der Waals surface area (Å²) in [7, 11) is 0. The van der Waals surface area contributed by atoms with Gasteiger partial charge in [-0.05, 0) is 23.6 Å². The van der Waals surface area contributed by atoms with Crippen molar-refractivity contribution >= 4 is 33.9 Å². The Balaban J connectivity index is 1.61. The van der Waals surface area contributed by atoms with Gasteiger partial charge in [0, 0.05) is 23.3 Å². The van der Waals surface area contributed by atoms with Gasteiger partial charge in [0.1, 0.15) is 23.6 Å². The zero-order valence-electron chi connectivity index (χ0n) is 18.1. The number of azo groups is 1. The molecule has 0 unspecified atom stereocenters. The fraction of sp³-hybridized carbons (Fsp3) is 0. The lowest BCUT2D eigenvalue weighted by molar-refractivity contribution is 0.102. The molecule has 0 aliphatic rings. The largest absolute Gasteiger partial charge is 0.505 e. The summed E-state index contributed by atoms with van der Waals surface area (Å²) in [5, 5.41) is 37.3. The van der Waals surface area contributed by atoms with Crippen LogP contribution in [0.25, 0.3) is 16.6 Å². The molecule has 10 heteroatoms. The predicted octanol–water partition coefficient (Wildman–Crippen LogP) is 5.06. The number of carbonyl (C=O) groups is 1. The van der Waals surface area contributed by atoms with Crippen LogP contribution in [-0.2, 0) is 0 Å². The van der Waals surface area contributed by atoms with Gasteiger partial charge >= 0.3 is 0 Å². The Morgan fingerprint density at radius 1 is 1.06 bits per heavy atom. The molecule has 1 amide bonds. The first-order valence-corrected chi connectivity index (χ1v) is 10.4. The average Bonchev–Trinajstić information content (AvgIpc) is 3.32. The van der Waals surface area contributed by atoms with E-state index in [0.29, 0.717) is 22.3 Å². The summed E-state index contributed by atoms with van der Waals surface area (Å²) in [6, 6.07) is 21.3. The van der Waals surface area contributed by atoms with Crippen molar-refractivity contribution in [3.05, 3.63) is 96.6 Å². The Labute approximate surface area is 198 Å². The number of aromatic hydroxyl groups is 1. The molecule has 3 aromatic carbocycles. The maximum absolute atomic E-state index is 13.0. The van der Waals surface area contributed by atoms with Crippen molar-refractivity contribution in [2.24, 2.45) is 10.2 Å². The third-order valence-corrected chi connectivity index (χ3v) is 5.16. The van der Waals surface area contributed by atoms with Gasteiger partial charge in [-0.25, -0.2) is 9.97 Å². The van der Waals surface area contributed by atoms with Gasteiger partial charge in [-0.3, -0.25) is 4.79 Å². The van der Waals surface area contributed by atoms with Crippen LogP contribution < -0.4 is 5.32 Å². The number of rotatable bonds is 5. The number of fused-ring (bicyclic) bond motifs is 1. The molecule has 35 heavy (non-hydrogen) atoms. The zero-order chi connectivity index (χ0) is 24.2. The summed E-state index contributed by atoms with van der Waals surface area (Å²) in [5.74, 6) is -0.332. The Morgan fingerprint density at radius 3 is 2.63 bits per heavy atom. The lowest BCUT2D eigenvalue weighted by Gasteiger charge is -2.11. The summed E-state index contributed by atoms with van der Waals surface area (Å²) in [6.07, 6.45) is 4.22. The monoisotopic (exact) mass is 460 g/mol. The molecule has 0 spiro atoms. The molecule has 10 nitrogen and oxygen atoms in total. The number of benzene rings is 3. The van der Waals surface area contributed by atoms with Crippen LogP contribution in [0.1, 0.15) is 15.9 Å². The lowest BCUT2D eigenvalue weighted by atomic mass is 10.0. The highest BCUT2D eigenvalue weighted by molar-refractivity contribution is 6.11. The highest BCUT2D eigenvalue weighted by atomic mass is 16.3. The molecule has 0 aliphatic heterocycles. The van der Waals surface area contributed by atoms with Gasteiger partial charge in [-0.15, -0.1) is 10.2 Å². The van der Waals surface area contributed by atoms with Crippen molar-refractivity contribution in [3.63, 3.8) is 0 Å². The van der Waals surface area contributed by atoms with Crippen LogP contribution in [0.5, 0.6) is 5.75 Å². The van der Waals surface area contributed by atoms with Crippen molar-refractivity contribution in [2.75, 3.05) is 5.32 Å². The third-order valence-electron chi connectivity index (χ3n) is 5.16. The molecular weight excluding hydrogens is 444 g/mol. The molecule has 0 radical (unpaired) electrons. The SMILES string of the molecule is N#Cc1cnn(-c2ccncn2)c1N=Nc1c(O)c(C(=O)Nc2ccccc2)cc2ccccc12. The molecule has 5 aromatic rings. The molecule has 2 heterocycles. The fourth-order valence-electron chi connectivity index (χ4n) is 3.50. The summed E-state index contributed by atoms with van der Waals surface area (Å²) in [5.41, 5.74) is 0.863. The van der Waals surface area contributed by atoms with E-state index >= 15 is 0 Å². The van der Waals surface area contributed by atoms with Crippen LogP contribution in [0.2, 0.25) is 0 Å². The van der Waals surface area contributed by atoms with Crippen molar-refractivity contribution in [3.8, 4) is 17.6 Å². The maximum Gasteiger partial charge on any atom is 0.259 e. The first kappa shape index (κ1) is 21.4. The Hall–Kier alpha value is -5.43. The number of nitrogens with zero attached hydrogens (tertiary/aromatic N) is 7. The number of hydrogen-bond acceptors (Lipinski definition) is 8. The topological polar surface area (TPSA) is 141 Å². The van der Waals surface area contributed by atoms with E-state index in [-0.39, 0.29) is 28.4 Å². The van der Waals surface area contributed by atoms with E-state index in [1.807, 2.05) is 18.2 Å². The number of amides is 1. The number of phenolic OH excluding ortho intramolecular Hbond substituents is 1. The zero-order valence-corrected chi connectivity index (χ0v) is 18.1. The highest BCUT2D eigenvalue weighted by Gasteiger charge is 2.19. The van der Waals surface area contributed by atoms with E-state index < -0.39 is 5.91 Å². The van der Waals surface area contributed by atoms with Crippen LogP contribution in [0.3, 0.4) is 0 Å². The summed E-state index contributed by atoms with van der Waals surface area (Å²) < 4.78 is 1.34. The number of para-hydroxylation sites is 1. The van der Waals surface area contributed by atoms with Gasteiger partial charge in [0.2, 0.25) is 0 Å². The predicted molar refractivity (Wildman–Crippen MR) is 128 cm³/mol. The minimum absolute atomic E-state index is 0.0336. The normalized spacial score (nSPS) is 10.9. The average molecular weight is 460 g/mol. The number of phenols is 1. The Morgan fingerprint density at radius 2 is 1.86 bits per heavy atom. The van der Waals surface area contributed by atoms with E-state index in [9.17, 15) is 15.2 Å². The van der Waals surface area contributed by atoms with Gasteiger partial charge in [-0.2, -0.15) is 15.0 Å². The molecular formula is C25H16N8O2. The molecule has 2 N–H and O–H groups in total. The van der Waals surface area contributed by atoms with Crippen LogP contribution in [0.15, 0.2) is 95.7 Å². The second-order valence-electron chi connectivity index (χ2n) is 7.34. The van der Waals surface area contributed by atoms with E-state index in [1.54, 1.807) is 54.6 Å². The van der Waals surface area contributed by atoms with E-state index in [1.165, 1.54) is 23.4 Å². The first-order chi connectivity index (χ1) is 17.2. The highest BCUT2D eigenvalue weighted by Crippen LogP contribution is 2.40. The smallest absolute Gasteiger partial charge is 0.259 e. The van der Waals surface area contributed by atoms with Crippen LogP contribution in [-0.4, -0.2) is 30.8 Å². The molecule has 0 fully saturated rings. The molecule has 0 saturated carbocycles. The number of carbonyl (C=O) groups excluding carboxylic acids is 1. The van der Waals surface area contributed by atoms with Crippen molar-refractivity contribution in [2.45, 2.75) is 0 Å². The van der Waals surface area contributed by atoms with Crippen LogP contribution >= 0.6 is 0 Å². The van der Waals surface area contributed by atoms with Gasteiger partial charge in [-0.1, -0.05) is 42.5 Å². The number of nitriles is 1. The molecule has 2 aromatic heterocycles. The number of nitrogens with one attached hydrogen (secondary N) is 1. The number of aromatic nitrogens is 4. The van der Waals surface area contributed by atoms with Crippen molar-refractivity contribution < 1.29 is 9.90 Å². The summed E-state index contributed by atoms with van der Waals surface area (Å²) in [6.45, 7) is 0. The molecule has 0 aliphatic carbocycles. The lowest BCUT2D eigenvalue weighted by Crippen LogP contribution is -2.12. The number of hydrogen-bond donors (Lipinski definition) is 2. The Kier molecular flexibility index (Phi) is 5.63. The van der Waals surface area contributed by atoms with Crippen molar-refractivity contribution in [1.29, 1.82) is 5.26 Å². The minimum Gasteiger partial charge on any atom is -0.505 e. The van der Waals surface area contributed by atoms with E-state index in [4.69, 9.17) is 0 Å². The van der Waals surface area contributed by atoms with Gasteiger partial charge in [0.25, 0.3) is 5.91 Å². The molecule has 0 bridgehead atoms. The quantitative estimate of drug-likeness (QED) is 0.351. The standard InChI is InChI=1S/C25H16N8O2/c26-13-17-14-29-33(21-10-11-27-15-28-21)24(17)32-31-22-19-9-5-4-6-16(19)12-20(23(22)34)25(35)30-18-7-2-1-3-8-18/h1-12,14-15,34H,(H,30,35). The molecule has 0 saturated heterocycles. The Bertz CT molecular complexity index is 1610. The molecule has 0 atom stereocenters.